The number of aromatic hydroxyl groups is 1. The van der Waals surface area contributed by atoms with Gasteiger partial charge in [-0.3, -0.25) is 14.8 Å². The first-order valence-electron chi connectivity index (χ1n) is 12.8. The molecule has 42 heavy (non-hydrogen) atoms. The van der Waals surface area contributed by atoms with Crippen molar-refractivity contribution in [3.63, 3.8) is 0 Å². The standard InChI is InChI=1S/C30H25ClF3N5O3/c1-16-10-12-18(13-11-16)39-28(41)24(27(40)38-29(39)42)26(37-23-9-4-3-8-22(23)31)35-15-14-19-17(2)36-25-20(19)6-5-7-21(25)30(32,33)34/h3-13,36,41H,14-15H2,1-2H3,(H,35,37)(H,38,40,42). The molecule has 0 unspecified atom stereocenters. The molecule has 216 valence electrons. The van der Waals surface area contributed by atoms with Crippen molar-refractivity contribution in [1.29, 1.82) is 0 Å². The molecule has 0 aliphatic rings. The third-order valence-electron chi connectivity index (χ3n) is 6.83. The predicted octanol–water partition coefficient (Wildman–Crippen LogP) is 6.10. The molecule has 0 saturated heterocycles. The van der Waals surface area contributed by atoms with E-state index in [0.29, 0.717) is 33.0 Å². The average Bonchev–Trinajstić information content (AvgIpc) is 3.24. The number of aromatic amines is 2. The van der Waals surface area contributed by atoms with Gasteiger partial charge < -0.3 is 15.4 Å². The third kappa shape index (κ3) is 5.55. The number of hydrogen-bond acceptors (Lipinski definition) is 4. The number of hydrogen-bond donors (Lipinski definition) is 4. The van der Waals surface area contributed by atoms with Gasteiger partial charge >= 0.3 is 11.9 Å². The molecule has 0 spiro atoms. The van der Waals surface area contributed by atoms with Crippen molar-refractivity contribution in [3.05, 3.63) is 121 Å². The van der Waals surface area contributed by atoms with Crippen LogP contribution in [0.25, 0.3) is 16.6 Å². The maximum atomic E-state index is 13.6. The molecule has 2 aromatic heterocycles. The highest BCUT2D eigenvalue weighted by Gasteiger charge is 2.33. The lowest BCUT2D eigenvalue weighted by atomic mass is 10.1. The number of anilines is 1. The van der Waals surface area contributed by atoms with Crippen molar-refractivity contribution >= 4 is 34.0 Å². The highest BCUT2D eigenvalue weighted by molar-refractivity contribution is 6.34. The van der Waals surface area contributed by atoms with Crippen molar-refractivity contribution in [3.8, 4) is 11.6 Å². The fourth-order valence-corrected chi connectivity index (χ4v) is 4.97. The normalized spacial score (nSPS) is 12.2. The van der Waals surface area contributed by atoms with Gasteiger partial charge in [0.05, 0.1) is 27.5 Å². The Morgan fingerprint density at radius 1 is 1.00 bits per heavy atom. The Hall–Kier alpha value is -4.77. The number of alkyl halides is 3. The molecule has 5 rings (SSSR count). The number of nitrogens with zero attached hydrogens (tertiary/aromatic N) is 2. The van der Waals surface area contributed by atoms with E-state index in [9.17, 15) is 27.9 Å². The van der Waals surface area contributed by atoms with Gasteiger partial charge in [-0.2, -0.15) is 13.2 Å². The van der Waals surface area contributed by atoms with E-state index in [1.54, 1.807) is 61.5 Å². The minimum Gasteiger partial charge on any atom is -0.493 e. The summed E-state index contributed by atoms with van der Waals surface area (Å²) in [6.07, 6.45) is -4.32. The van der Waals surface area contributed by atoms with Crippen LogP contribution in [-0.2, 0) is 12.6 Å². The number of H-pyrrole nitrogens is 2. The van der Waals surface area contributed by atoms with E-state index in [0.717, 1.165) is 16.2 Å². The molecule has 0 fully saturated rings. The zero-order chi connectivity index (χ0) is 30.2. The Kier molecular flexibility index (Phi) is 7.70. The van der Waals surface area contributed by atoms with E-state index in [1.165, 1.54) is 6.07 Å². The predicted molar refractivity (Wildman–Crippen MR) is 157 cm³/mol. The summed E-state index contributed by atoms with van der Waals surface area (Å²) < 4.78 is 41.7. The smallest absolute Gasteiger partial charge is 0.418 e. The fraction of sp³-hybridized carbons (Fsp3) is 0.167. The molecular formula is C30H25ClF3N5O3. The largest absolute Gasteiger partial charge is 0.493 e. The van der Waals surface area contributed by atoms with Crippen molar-refractivity contribution in [1.82, 2.24) is 14.5 Å². The summed E-state index contributed by atoms with van der Waals surface area (Å²) in [7, 11) is 0. The van der Waals surface area contributed by atoms with Gasteiger partial charge in [0.15, 0.2) is 0 Å². The zero-order valence-corrected chi connectivity index (χ0v) is 23.2. The molecule has 0 radical (unpaired) electrons. The van der Waals surface area contributed by atoms with Crippen LogP contribution in [0.1, 0.15) is 27.9 Å². The molecule has 3 aromatic carbocycles. The number of aryl methyl sites for hydroxylation is 2. The Morgan fingerprint density at radius 3 is 2.40 bits per heavy atom. The van der Waals surface area contributed by atoms with Crippen LogP contribution in [0.3, 0.4) is 0 Å². The van der Waals surface area contributed by atoms with Crippen molar-refractivity contribution in [2.24, 2.45) is 4.99 Å². The first kappa shape index (κ1) is 28.7. The number of amidine groups is 1. The molecule has 0 aliphatic heterocycles. The summed E-state index contributed by atoms with van der Waals surface area (Å²) >= 11 is 6.34. The monoisotopic (exact) mass is 595 g/mol. The first-order chi connectivity index (χ1) is 20.0. The number of fused-ring (bicyclic) bond motifs is 1. The van der Waals surface area contributed by atoms with Crippen LogP contribution in [0, 0.1) is 13.8 Å². The fourth-order valence-electron chi connectivity index (χ4n) is 4.78. The van der Waals surface area contributed by atoms with E-state index in [2.05, 4.69) is 20.3 Å². The number of aliphatic imine (C=N–C) groups is 1. The van der Waals surface area contributed by atoms with E-state index in [-0.39, 0.29) is 29.9 Å². The van der Waals surface area contributed by atoms with Gasteiger partial charge in [-0.15, -0.1) is 0 Å². The summed E-state index contributed by atoms with van der Waals surface area (Å²) in [5, 5.41) is 14.9. The highest BCUT2D eigenvalue weighted by Crippen LogP contribution is 2.36. The summed E-state index contributed by atoms with van der Waals surface area (Å²) in [6.45, 7) is 3.55. The molecular weight excluding hydrogens is 571 g/mol. The Bertz CT molecular complexity index is 1940. The Balaban J connectivity index is 1.60. The van der Waals surface area contributed by atoms with Crippen molar-refractivity contribution in [2.45, 2.75) is 26.4 Å². The van der Waals surface area contributed by atoms with Crippen molar-refractivity contribution in [2.75, 3.05) is 11.9 Å². The molecule has 2 heterocycles. The van der Waals surface area contributed by atoms with E-state index >= 15 is 0 Å². The quantitative estimate of drug-likeness (QED) is 0.140. The number of halogens is 4. The summed E-state index contributed by atoms with van der Waals surface area (Å²) in [6, 6.07) is 17.4. The molecule has 12 heteroatoms. The van der Waals surface area contributed by atoms with Gasteiger partial charge in [0, 0.05) is 17.6 Å². The first-order valence-corrected chi connectivity index (χ1v) is 13.2. The van der Waals surface area contributed by atoms with Crippen LogP contribution in [0.15, 0.2) is 81.3 Å². The van der Waals surface area contributed by atoms with Crippen LogP contribution in [0.4, 0.5) is 18.9 Å². The van der Waals surface area contributed by atoms with Crippen LogP contribution >= 0.6 is 11.6 Å². The Labute approximate surface area is 242 Å². The number of rotatable bonds is 6. The SMILES string of the molecule is Cc1ccc(-n2c(O)c(C(=NCCc3c(C)[nH]c4c(C(F)(F)F)cccc34)Nc3ccccc3Cl)c(=O)[nH]c2=O)cc1. The second-order valence-electron chi connectivity index (χ2n) is 9.67. The second-order valence-corrected chi connectivity index (χ2v) is 10.1. The topological polar surface area (TPSA) is 115 Å². The highest BCUT2D eigenvalue weighted by atomic mass is 35.5. The van der Waals surface area contributed by atoms with Gasteiger partial charge in [0.25, 0.3) is 5.56 Å². The van der Waals surface area contributed by atoms with Crippen molar-refractivity contribution < 1.29 is 18.3 Å². The maximum absolute atomic E-state index is 13.6. The van der Waals surface area contributed by atoms with E-state index in [1.807, 2.05) is 6.92 Å². The molecule has 0 aliphatic carbocycles. The molecule has 0 saturated carbocycles. The van der Waals surface area contributed by atoms with Crippen LogP contribution in [-0.4, -0.2) is 32.0 Å². The summed E-state index contributed by atoms with van der Waals surface area (Å²) in [5.74, 6) is -0.736. The minimum atomic E-state index is -4.53. The molecule has 0 amide bonds. The zero-order valence-electron chi connectivity index (χ0n) is 22.4. The Morgan fingerprint density at radius 2 is 1.71 bits per heavy atom. The van der Waals surface area contributed by atoms with Gasteiger partial charge in [-0.1, -0.05) is 53.6 Å². The number of benzene rings is 3. The van der Waals surface area contributed by atoms with Crippen LogP contribution < -0.4 is 16.6 Å². The molecule has 0 bridgehead atoms. The number of para-hydroxylation sites is 2. The number of nitrogens with one attached hydrogen (secondary N) is 3. The molecule has 8 nitrogen and oxygen atoms in total. The lowest BCUT2D eigenvalue weighted by Crippen LogP contribution is -2.35. The van der Waals surface area contributed by atoms with Gasteiger partial charge in [-0.05, 0) is 56.2 Å². The molecule has 4 N–H and O–H groups in total. The summed E-state index contributed by atoms with van der Waals surface area (Å²) in [4.78, 5) is 35.4. The second kappa shape index (κ2) is 11.2. The number of aromatic nitrogens is 3. The molecule has 5 aromatic rings. The van der Waals surface area contributed by atoms with Gasteiger partial charge in [-0.25, -0.2) is 9.36 Å². The molecule has 0 atom stereocenters. The van der Waals surface area contributed by atoms with Crippen LogP contribution in [0.5, 0.6) is 5.88 Å². The van der Waals surface area contributed by atoms with Crippen LogP contribution in [0.2, 0.25) is 5.02 Å². The maximum Gasteiger partial charge on any atom is 0.418 e. The lowest BCUT2D eigenvalue weighted by molar-refractivity contribution is -0.136. The van der Waals surface area contributed by atoms with E-state index in [4.69, 9.17) is 11.6 Å². The summed E-state index contributed by atoms with van der Waals surface area (Å²) in [5.41, 5.74) is -0.0573. The average molecular weight is 596 g/mol. The minimum absolute atomic E-state index is 0.0133. The van der Waals surface area contributed by atoms with Gasteiger partial charge in [0.1, 0.15) is 11.4 Å². The lowest BCUT2D eigenvalue weighted by Gasteiger charge is -2.15. The third-order valence-corrected chi connectivity index (χ3v) is 7.16. The van der Waals surface area contributed by atoms with E-state index < -0.39 is 28.9 Å². The van der Waals surface area contributed by atoms with Gasteiger partial charge in [0.2, 0.25) is 5.88 Å².